The van der Waals surface area contributed by atoms with Crippen molar-refractivity contribution in [2.24, 2.45) is 5.92 Å². The van der Waals surface area contributed by atoms with Crippen LogP contribution < -0.4 is 5.32 Å². The average molecular weight is 286 g/mol. The van der Waals surface area contributed by atoms with E-state index in [0.29, 0.717) is 31.6 Å². The largest absolute Gasteiger partial charge is 0.465 e. The molecule has 1 N–H and O–H groups in total. The molecule has 0 saturated carbocycles. The van der Waals surface area contributed by atoms with E-state index in [0.717, 1.165) is 17.9 Å². The fourth-order valence-electron chi connectivity index (χ4n) is 2.52. The number of sulfonamides is 1. The van der Waals surface area contributed by atoms with Crippen LogP contribution in [0.25, 0.3) is 0 Å². The molecule has 2 atom stereocenters. The van der Waals surface area contributed by atoms with Crippen molar-refractivity contribution in [3.05, 3.63) is 23.7 Å². The Kier molecular flexibility index (Phi) is 4.32. The predicted molar refractivity (Wildman–Crippen MR) is 74.3 cm³/mol. The van der Waals surface area contributed by atoms with E-state index in [-0.39, 0.29) is 0 Å². The van der Waals surface area contributed by atoms with Crippen LogP contribution in [0, 0.1) is 12.8 Å². The lowest BCUT2D eigenvalue weighted by molar-refractivity contribution is 0.216. The fourth-order valence-corrected chi connectivity index (χ4v) is 3.47. The molecule has 5 nitrogen and oxygen atoms in total. The summed E-state index contributed by atoms with van der Waals surface area (Å²) < 4.78 is 30.1. The second kappa shape index (κ2) is 5.64. The number of piperidine rings is 1. The highest BCUT2D eigenvalue weighted by Gasteiger charge is 2.30. The van der Waals surface area contributed by atoms with Crippen LogP contribution in [0.1, 0.15) is 24.9 Å². The van der Waals surface area contributed by atoms with Gasteiger partial charge < -0.3 is 9.73 Å². The number of hydrogen-bond acceptors (Lipinski definition) is 4. The van der Waals surface area contributed by atoms with Crippen molar-refractivity contribution in [1.82, 2.24) is 9.62 Å². The molecule has 6 heteroatoms. The lowest BCUT2D eigenvalue weighted by Gasteiger charge is -2.35. The van der Waals surface area contributed by atoms with Gasteiger partial charge in [-0.1, -0.05) is 6.92 Å². The number of furan rings is 1. The van der Waals surface area contributed by atoms with Crippen molar-refractivity contribution in [2.75, 3.05) is 19.3 Å². The SMILES string of the molecule is Cc1ccc(CN[C@H]2CCN(S(C)(=O)=O)C[C@H]2C)o1. The van der Waals surface area contributed by atoms with Crippen molar-refractivity contribution in [3.8, 4) is 0 Å². The van der Waals surface area contributed by atoms with Crippen LogP contribution in [0.2, 0.25) is 0 Å². The Balaban J connectivity index is 1.86. The van der Waals surface area contributed by atoms with Gasteiger partial charge >= 0.3 is 0 Å². The van der Waals surface area contributed by atoms with Crippen LogP contribution in [-0.2, 0) is 16.6 Å². The second-order valence-corrected chi connectivity index (χ2v) is 7.37. The van der Waals surface area contributed by atoms with Gasteiger partial charge in [0.05, 0.1) is 12.8 Å². The van der Waals surface area contributed by atoms with Crippen LogP contribution in [0.5, 0.6) is 0 Å². The molecule has 19 heavy (non-hydrogen) atoms. The van der Waals surface area contributed by atoms with Gasteiger partial charge in [-0.2, -0.15) is 0 Å². The summed E-state index contributed by atoms with van der Waals surface area (Å²) in [5.74, 6) is 2.14. The summed E-state index contributed by atoms with van der Waals surface area (Å²) in [6, 6.07) is 4.26. The number of hydrogen-bond donors (Lipinski definition) is 1. The van der Waals surface area contributed by atoms with Crippen LogP contribution in [-0.4, -0.2) is 38.1 Å². The number of rotatable bonds is 4. The van der Waals surface area contributed by atoms with Gasteiger partial charge in [-0.15, -0.1) is 0 Å². The topological polar surface area (TPSA) is 62.6 Å². The minimum atomic E-state index is -3.06. The summed E-state index contributed by atoms with van der Waals surface area (Å²) in [6.07, 6.45) is 2.12. The predicted octanol–water partition coefficient (Wildman–Crippen LogP) is 1.35. The molecule has 0 aromatic carbocycles. The van der Waals surface area contributed by atoms with E-state index in [1.807, 2.05) is 19.1 Å². The molecular formula is C13H22N2O3S. The minimum Gasteiger partial charge on any atom is -0.465 e. The third kappa shape index (κ3) is 3.81. The molecule has 2 heterocycles. The molecule has 0 bridgehead atoms. The second-order valence-electron chi connectivity index (χ2n) is 5.39. The van der Waals surface area contributed by atoms with E-state index >= 15 is 0 Å². The van der Waals surface area contributed by atoms with Gasteiger partial charge in [-0.3, -0.25) is 0 Å². The molecule has 1 aromatic rings. The quantitative estimate of drug-likeness (QED) is 0.907. The Morgan fingerprint density at radius 2 is 2.21 bits per heavy atom. The highest BCUT2D eigenvalue weighted by atomic mass is 32.2. The Bertz CT molecular complexity index is 524. The summed E-state index contributed by atoms with van der Waals surface area (Å²) in [5, 5.41) is 3.46. The van der Waals surface area contributed by atoms with E-state index in [1.54, 1.807) is 4.31 Å². The lowest BCUT2D eigenvalue weighted by Crippen LogP contribution is -2.49. The molecule has 0 aliphatic carbocycles. The zero-order valence-corrected chi connectivity index (χ0v) is 12.5. The number of nitrogens with zero attached hydrogens (tertiary/aromatic N) is 1. The third-order valence-electron chi connectivity index (χ3n) is 3.67. The molecule has 1 fully saturated rings. The number of aryl methyl sites for hydroxylation is 1. The number of nitrogens with one attached hydrogen (secondary N) is 1. The maximum Gasteiger partial charge on any atom is 0.211 e. The Labute approximate surface area is 115 Å². The molecule has 1 saturated heterocycles. The highest BCUT2D eigenvalue weighted by Crippen LogP contribution is 2.19. The van der Waals surface area contributed by atoms with Crippen LogP contribution in [0.3, 0.4) is 0 Å². The molecular weight excluding hydrogens is 264 g/mol. The van der Waals surface area contributed by atoms with Crippen molar-refractivity contribution >= 4 is 10.0 Å². The van der Waals surface area contributed by atoms with E-state index in [1.165, 1.54) is 6.26 Å². The van der Waals surface area contributed by atoms with E-state index < -0.39 is 10.0 Å². The first-order valence-corrected chi connectivity index (χ1v) is 8.45. The zero-order chi connectivity index (χ0) is 14.0. The molecule has 1 aliphatic rings. The fraction of sp³-hybridized carbons (Fsp3) is 0.692. The zero-order valence-electron chi connectivity index (χ0n) is 11.7. The summed E-state index contributed by atoms with van der Waals surface area (Å²) in [7, 11) is -3.06. The third-order valence-corrected chi connectivity index (χ3v) is 4.94. The summed E-state index contributed by atoms with van der Waals surface area (Å²) in [5.41, 5.74) is 0. The normalized spacial score (nSPS) is 25.6. The molecule has 0 spiro atoms. The minimum absolute atomic E-state index is 0.305. The first kappa shape index (κ1) is 14.6. The van der Waals surface area contributed by atoms with Gasteiger partial charge in [0.15, 0.2) is 0 Å². The standard InChI is InChI=1S/C13H22N2O3S/c1-10-9-15(19(3,16)17)7-6-13(10)14-8-12-5-4-11(2)18-12/h4-5,10,13-14H,6-9H2,1-3H3/t10-,13+/m1/s1. The highest BCUT2D eigenvalue weighted by molar-refractivity contribution is 7.88. The average Bonchev–Trinajstić information content (AvgIpc) is 2.72. The summed E-state index contributed by atoms with van der Waals surface area (Å²) in [6.45, 7) is 5.90. The molecule has 0 amide bonds. The molecule has 108 valence electrons. The van der Waals surface area contributed by atoms with Crippen LogP contribution in [0.15, 0.2) is 16.5 Å². The lowest BCUT2D eigenvalue weighted by atomic mass is 9.95. The Morgan fingerprint density at radius 3 is 2.74 bits per heavy atom. The molecule has 2 rings (SSSR count). The first-order chi connectivity index (χ1) is 8.86. The van der Waals surface area contributed by atoms with Gasteiger partial charge in [0.1, 0.15) is 11.5 Å². The van der Waals surface area contributed by atoms with Gasteiger partial charge in [-0.25, -0.2) is 12.7 Å². The van der Waals surface area contributed by atoms with E-state index in [9.17, 15) is 8.42 Å². The van der Waals surface area contributed by atoms with Crippen molar-refractivity contribution in [2.45, 2.75) is 32.9 Å². The van der Waals surface area contributed by atoms with Gasteiger partial charge in [0.25, 0.3) is 0 Å². The maximum absolute atomic E-state index is 11.5. The molecule has 1 aromatic heterocycles. The van der Waals surface area contributed by atoms with E-state index in [2.05, 4.69) is 12.2 Å². The monoisotopic (exact) mass is 286 g/mol. The maximum atomic E-state index is 11.5. The van der Waals surface area contributed by atoms with E-state index in [4.69, 9.17) is 4.42 Å². The molecule has 0 radical (unpaired) electrons. The van der Waals surface area contributed by atoms with Crippen LogP contribution >= 0.6 is 0 Å². The van der Waals surface area contributed by atoms with Gasteiger partial charge in [-0.05, 0) is 31.4 Å². The van der Waals surface area contributed by atoms with Gasteiger partial charge in [0, 0.05) is 19.1 Å². The van der Waals surface area contributed by atoms with Crippen molar-refractivity contribution in [1.29, 1.82) is 0 Å². The Morgan fingerprint density at radius 1 is 1.47 bits per heavy atom. The van der Waals surface area contributed by atoms with Crippen LogP contribution in [0.4, 0.5) is 0 Å². The van der Waals surface area contributed by atoms with Crippen molar-refractivity contribution < 1.29 is 12.8 Å². The van der Waals surface area contributed by atoms with Crippen molar-refractivity contribution in [3.63, 3.8) is 0 Å². The first-order valence-electron chi connectivity index (χ1n) is 6.60. The smallest absolute Gasteiger partial charge is 0.211 e. The van der Waals surface area contributed by atoms with Gasteiger partial charge in [0.2, 0.25) is 10.0 Å². The molecule has 1 aliphatic heterocycles. The summed E-state index contributed by atoms with van der Waals surface area (Å²) in [4.78, 5) is 0. The Hall–Kier alpha value is -0.850. The molecule has 0 unspecified atom stereocenters. The summed E-state index contributed by atoms with van der Waals surface area (Å²) >= 11 is 0.